The van der Waals surface area contributed by atoms with Crippen molar-refractivity contribution in [2.75, 3.05) is 0 Å². The molecule has 0 spiro atoms. The molecular weight excluding hydrogens is 395 g/mol. The first-order valence-corrected chi connectivity index (χ1v) is 8.76. The number of alkyl halides is 3. The van der Waals surface area contributed by atoms with Gasteiger partial charge in [0.1, 0.15) is 5.92 Å². The number of carbonyl (C=O) groups excluding carboxylic acids is 3. The molecule has 3 rings (SSSR count). The van der Waals surface area contributed by atoms with Crippen molar-refractivity contribution < 1.29 is 37.5 Å². The molecule has 0 aromatic heterocycles. The van der Waals surface area contributed by atoms with Crippen LogP contribution in [0.2, 0.25) is 0 Å². The van der Waals surface area contributed by atoms with Gasteiger partial charge in [-0.1, -0.05) is 18.2 Å². The third-order valence-electron chi connectivity index (χ3n) is 4.56. The summed E-state index contributed by atoms with van der Waals surface area (Å²) in [5.74, 6) is -4.47. The van der Waals surface area contributed by atoms with Gasteiger partial charge in [0.05, 0.1) is 0 Å². The van der Waals surface area contributed by atoms with E-state index in [1.54, 1.807) is 4.90 Å². The van der Waals surface area contributed by atoms with Gasteiger partial charge >= 0.3 is 12.1 Å². The van der Waals surface area contributed by atoms with Crippen molar-refractivity contribution in [1.82, 2.24) is 10.2 Å². The van der Waals surface area contributed by atoms with Crippen molar-refractivity contribution in [2.24, 2.45) is 11.7 Å². The highest BCUT2D eigenvalue weighted by molar-refractivity contribution is 6.07. The first-order valence-electron chi connectivity index (χ1n) is 8.76. The Bertz CT molecular complexity index is 825. The highest BCUT2D eigenvalue weighted by Crippen LogP contribution is 2.27. The lowest BCUT2D eigenvalue weighted by atomic mass is 10.0. The number of hydrogen-bond acceptors (Lipinski definition) is 5. The molecule has 0 unspecified atom stereocenters. The maximum absolute atomic E-state index is 12.6. The maximum atomic E-state index is 12.6. The van der Waals surface area contributed by atoms with Crippen molar-refractivity contribution in [1.29, 1.82) is 0 Å². The molecule has 1 atom stereocenters. The second-order valence-electron chi connectivity index (χ2n) is 6.66. The number of rotatable bonds is 2. The van der Waals surface area contributed by atoms with E-state index in [1.807, 2.05) is 18.2 Å². The predicted molar refractivity (Wildman–Crippen MR) is 92.8 cm³/mol. The van der Waals surface area contributed by atoms with Crippen LogP contribution in [0.25, 0.3) is 0 Å². The molecule has 0 bridgehead atoms. The normalized spacial score (nSPS) is 18.9. The summed E-state index contributed by atoms with van der Waals surface area (Å²) < 4.78 is 31.7. The van der Waals surface area contributed by atoms with Crippen LogP contribution in [0.1, 0.15) is 36.0 Å². The van der Waals surface area contributed by atoms with Gasteiger partial charge in [0.15, 0.2) is 0 Å². The van der Waals surface area contributed by atoms with Crippen molar-refractivity contribution in [2.45, 2.75) is 45.1 Å². The lowest BCUT2D eigenvalue weighted by Crippen LogP contribution is -2.42. The quantitative estimate of drug-likeness (QED) is 0.489. The Morgan fingerprint density at radius 3 is 2.41 bits per heavy atom. The monoisotopic (exact) mass is 415 g/mol. The summed E-state index contributed by atoms with van der Waals surface area (Å²) in [5, 5.41) is 9.42. The topological polar surface area (TPSA) is 130 Å². The number of halogens is 3. The molecule has 2 aliphatic heterocycles. The van der Waals surface area contributed by atoms with Crippen LogP contribution in [-0.4, -0.2) is 39.9 Å². The number of nitrogens with one attached hydrogen (secondary N) is 1. The SMILES string of the molecule is NCc1ccc2c(c1)CN(C(=O)[C@H]1CCCC(=O)NC1=O)C2.O=C(O)C(F)(F)F. The number of benzene rings is 1. The minimum absolute atomic E-state index is 0.197. The van der Waals surface area contributed by atoms with E-state index in [1.165, 1.54) is 0 Å². The van der Waals surface area contributed by atoms with Gasteiger partial charge in [-0.25, -0.2) is 4.79 Å². The van der Waals surface area contributed by atoms with Crippen LogP contribution in [-0.2, 0) is 38.8 Å². The molecule has 1 aromatic rings. The van der Waals surface area contributed by atoms with Crippen LogP contribution in [0.4, 0.5) is 13.2 Å². The standard InChI is InChI=1S/C16H19N3O3.C2HF3O2/c17-7-10-4-5-11-8-19(9-12(11)6-10)16(22)13-2-1-3-14(20)18-15(13)21;3-2(4,5)1(6)7/h4-6,13H,1-3,7-9,17H2,(H,18,20,21);(H,6,7)/t13-;/m0./s1. The number of hydrogen-bond donors (Lipinski definition) is 3. The van der Waals surface area contributed by atoms with Gasteiger partial charge in [-0.2, -0.15) is 13.2 Å². The van der Waals surface area contributed by atoms with Crippen LogP contribution < -0.4 is 11.1 Å². The number of nitrogens with zero attached hydrogens (tertiary/aromatic N) is 1. The molecule has 0 saturated carbocycles. The fourth-order valence-electron chi connectivity index (χ4n) is 3.07. The third kappa shape index (κ3) is 5.76. The molecular formula is C18H20F3N3O5. The largest absolute Gasteiger partial charge is 0.490 e. The Hall–Kier alpha value is -2.95. The molecule has 11 heteroatoms. The number of nitrogens with two attached hydrogens (primary N) is 1. The Balaban J connectivity index is 0.000000370. The molecule has 4 N–H and O–H groups in total. The maximum Gasteiger partial charge on any atom is 0.490 e. The highest BCUT2D eigenvalue weighted by Gasteiger charge is 2.38. The first-order chi connectivity index (χ1) is 13.5. The molecule has 1 saturated heterocycles. The fourth-order valence-corrected chi connectivity index (χ4v) is 3.07. The average molecular weight is 415 g/mol. The summed E-state index contributed by atoms with van der Waals surface area (Å²) >= 11 is 0. The Morgan fingerprint density at radius 2 is 1.83 bits per heavy atom. The summed E-state index contributed by atoms with van der Waals surface area (Å²) in [4.78, 5) is 46.6. The summed E-state index contributed by atoms with van der Waals surface area (Å²) in [5.41, 5.74) is 8.85. The lowest BCUT2D eigenvalue weighted by molar-refractivity contribution is -0.192. The molecule has 2 aliphatic rings. The van der Waals surface area contributed by atoms with Crippen LogP contribution in [0.5, 0.6) is 0 Å². The molecule has 158 valence electrons. The van der Waals surface area contributed by atoms with E-state index in [-0.39, 0.29) is 11.8 Å². The molecule has 2 heterocycles. The Morgan fingerprint density at radius 1 is 1.21 bits per heavy atom. The van der Waals surface area contributed by atoms with E-state index in [2.05, 4.69) is 5.32 Å². The average Bonchev–Trinajstić information content (AvgIpc) is 2.99. The van der Waals surface area contributed by atoms with E-state index in [4.69, 9.17) is 15.6 Å². The highest BCUT2D eigenvalue weighted by atomic mass is 19.4. The van der Waals surface area contributed by atoms with E-state index >= 15 is 0 Å². The zero-order valence-electron chi connectivity index (χ0n) is 15.3. The van der Waals surface area contributed by atoms with Gasteiger partial charge in [0, 0.05) is 26.1 Å². The number of fused-ring (bicyclic) bond motifs is 1. The van der Waals surface area contributed by atoms with Crippen molar-refractivity contribution in [3.8, 4) is 0 Å². The van der Waals surface area contributed by atoms with Gasteiger partial charge in [0.25, 0.3) is 0 Å². The summed E-state index contributed by atoms with van der Waals surface area (Å²) in [6.45, 7) is 1.48. The van der Waals surface area contributed by atoms with Crippen LogP contribution in [0, 0.1) is 5.92 Å². The molecule has 8 nitrogen and oxygen atoms in total. The van der Waals surface area contributed by atoms with Gasteiger partial charge in [0.2, 0.25) is 17.7 Å². The summed E-state index contributed by atoms with van der Waals surface area (Å²) in [7, 11) is 0. The Kier molecular flexibility index (Phi) is 6.96. The van der Waals surface area contributed by atoms with E-state index in [0.717, 1.165) is 16.7 Å². The molecule has 0 aliphatic carbocycles. The predicted octanol–water partition coefficient (Wildman–Crippen LogP) is 1.06. The van der Waals surface area contributed by atoms with E-state index < -0.39 is 24.0 Å². The summed E-state index contributed by atoms with van der Waals surface area (Å²) in [6, 6.07) is 5.96. The Labute approximate surface area is 163 Å². The molecule has 1 aromatic carbocycles. The van der Waals surface area contributed by atoms with Crippen molar-refractivity contribution >= 4 is 23.7 Å². The second kappa shape index (κ2) is 9.03. The second-order valence-corrected chi connectivity index (χ2v) is 6.66. The third-order valence-corrected chi connectivity index (χ3v) is 4.56. The number of aliphatic carboxylic acids is 1. The van der Waals surface area contributed by atoms with Crippen LogP contribution in [0.3, 0.4) is 0 Å². The zero-order chi connectivity index (χ0) is 21.8. The van der Waals surface area contributed by atoms with Crippen molar-refractivity contribution in [3.63, 3.8) is 0 Å². The summed E-state index contributed by atoms with van der Waals surface area (Å²) in [6.07, 6.45) is -3.79. The molecule has 29 heavy (non-hydrogen) atoms. The number of carboxylic acids is 1. The van der Waals surface area contributed by atoms with Gasteiger partial charge in [-0.3, -0.25) is 19.7 Å². The molecule has 3 amide bonds. The lowest BCUT2D eigenvalue weighted by Gasteiger charge is -2.20. The van der Waals surface area contributed by atoms with Crippen LogP contribution in [0.15, 0.2) is 18.2 Å². The zero-order valence-corrected chi connectivity index (χ0v) is 15.3. The van der Waals surface area contributed by atoms with Gasteiger partial charge in [-0.15, -0.1) is 0 Å². The van der Waals surface area contributed by atoms with Crippen LogP contribution >= 0.6 is 0 Å². The van der Waals surface area contributed by atoms with Crippen molar-refractivity contribution in [3.05, 3.63) is 34.9 Å². The van der Waals surface area contributed by atoms with E-state index in [0.29, 0.717) is 38.9 Å². The van der Waals surface area contributed by atoms with Gasteiger partial charge < -0.3 is 15.7 Å². The minimum atomic E-state index is -5.08. The minimum Gasteiger partial charge on any atom is -0.475 e. The van der Waals surface area contributed by atoms with Gasteiger partial charge in [-0.05, 0) is 29.5 Å². The first kappa shape index (κ1) is 22.3. The fraction of sp³-hybridized carbons (Fsp3) is 0.444. The number of carboxylic acid groups (broad SMARTS) is 1. The molecule has 1 fully saturated rings. The number of amides is 3. The number of imide groups is 1. The number of carbonyl (C=O) groups is 4. The molecule has 0 radical (unpaired) electrons. The smallest absolute Gasteiger partial charge is 0.475 e. The van der Waals surface area contributed by atoms with E-state index in [9.17, 15) is 27.6 Å².